The third-order valence-electron chi connectivity index (χ3n) is 2.50. The van der Waals surface area contributed by atoms with Crippen LogP contribution in [0.25, 0.3) is 0 Å². The zero-order valence-electron chi connectivity index (χ0n) is 10.8. The molecule has 1 aliphatic rings. The minimum Gasteiger partial charge on any atom is -0.481 e. The zero-order chi connectivity index (χ0) is 14.1. The molecule has 1 fully saturated rings. The molecule has 2 atom stereocenters. The van der Waals surface area contributed by atoms with Gasteiger partial charge in [-0.3, -0.25) is 9.69 Å². The lowest BCUT2D eigenvalue weighted by atomic mass is 9.89. The summed E-state index contributed by atoms with van der Waals surface area (Å²) in [6.07, 6.45) is -0.713. The molecule has 7 heteroatoms. The molecule has 0 bridgehead atoms. The second-order valence-electron chi connectivity index (χ2n) is 5.05. The zero-order valence-corrected chi connectivity index (χ0v) is 10.8. The molecule has 1 N–H and O–H groups in total. The van der Waals surface area contributed by atoms with Crippen LogP contribution in [0.2, 0.25) is 0 Å². The van der Waals surface area contributed by atoms with Gasteiger partial charge >= 0.3 is 18.0 Å². The van der Waals surface area contributed by atoms with Gasteiger partial charge in [0.25, 0.3) is 0 Å². The molecule has 0 aromatic rings. The van der Waals surface area contributed by atoms with Crippen LogP contribution < -0.4 is 0 Å². The maximum Gasteiger partial charge on any atom is 0.411 e. The van der Waals surface area contributed by atoms with Gasteiger partial charge in [0.2, 0.25) is 0 Å². The van der Waals surface area contributed by atoms with Crippen LogP contribution in [0.1, 0.15) is 20.8 Å². The number of esters is 1. The van der Waals surface area contributed by atoms with E-state index in [1.807, 2.05) is 0 Å². The highest BCUT2D eigenvalue weighted by Crippen LogP contribution is 2.28. The van der Waals surface area contributed by atoms with Crippen LogP contribution in [0.5, 0.6) is 0 Å². The first-order chi connectivity index (χ1) is 8.17. The summed E-state index contributed by atoms with van der Waals surface area (Å²) in [6.45, 7) is 5.01. The molecule has 1 heterocycles. The Labute approximate surface area is 105 Å². The van der Waals surface area contributed by atoms with E-state index in [2.05, 4.69) is 4.74 Å². The van der Waals surface area contributed by atoms with Gasteiger partial charge in [0.1, 0.15) is 17.6 Å². The minimum absolute atomic E-state index is 0.0516. The summed E-state index contributed by atoms with van der Waals surface area (Å²) in [5.41, 5.74) is -0.702. The Kier molecular flexibility index (Phi) is 3.83. The Balaban J connectivity index is 2.76. The van der Waals surface area contributed by atoms with E-state index in [-0.39, 0.29) is 6.54 Å². The Morgan fingerprint density at radius 2 is 1.83 bits per heavy atom. The number of methoxy groups -OCH3 is 1. The van der Waals surface area contributed by atoms with Gasteiger partial charge in [-0.25, -0.2) is 9.59 Å². The Morgan fingerprint density at radius 1 is 1.28 bits per heavy atom. The monoisotopic (exact) mass is 259 g/mol. The molecule has 0 radical (unpaired) electrons. The molecule has 1 aliphatic heterocycles. The molecule has 0 aromatic carbocycles. The first-order valence-corrected chi connectivity index (χ1v) is 5.47. The smallest absolute Gasteiger partial charge is 0.411 e. The highest BCUT2D eigenvalue weighted by atomic mass is 16.6. The quantitative estimate of drug-likeness (QED) is 0.725. The number of rotatable bonds is 2. The number of carboxylic acids is 1. The number of likely N-dealkylation sites (tertiary alicyclic amines) is 1. The lowest BCUT2D eigenvalue weighted by Crippen LogP contribution is -2.65. The number of carbonyl (C=O) groups excluding carboxylic acids is 2. The van der Waals surface area contributed by atoms with Gasteiger partial charge in [-0.05, 0) is 20.8 Å². The van der Waals surface area contributed by atoms with Gasteiger partial charge in [0.15, 0.2) is 0 Å². The van der Waals surface area contributed by atoms with Crippen LogP contribution in [0, 0.1) is 5.92 Å². The predicted molar refractivity (Wildman–Crippen MR) is 59.9 cm³/mol. The number of nitrogens with zero attached hydrogens (tertiary/aromatic N) is 1. The number of aliphatic carboxylic acids is 1. The average Bonchev–Trinajstić information content (AvgIpc) is 2.11. The molecule has 1 rings (SSSR count). The molecule has 0 spiro atoms. The standard InChI is InChI=1S/C11H17NO6/c1-11(2,3)18-10(16)12-5-6(8(13)14)7(12)9(15)17-4/h6-7H,5H2,1-4H3,(H,13,14)/t6-,7-/m0/s1. The van der Waals surface area contributed by atoms with Gasteiger partial charge < -0.3 is 14.6 Å². The number of carboxylic acid groups (broad SMARTS) is 1. The summed E-state index contributed by atoms with van der Waals surface area (Å²) in [7, 11) is 1.15. The van der Waals surface area contributed by atoms with Crippen LogP contribution in [0.3, 0.4) is 0 Å². The fourth-order valence-corrected chi connectivity index (χ4v) is 1.64. The Morgan fingerprint density at radius 3 is 2.22 bits per heavy atom. The van der Waals surface area contributed by atoms with E-state index in [0.717, 1.165) is 12.0 Å². The highest BCUT2D eigenvalue weighted by Gasteiger charge is 2.52. The van der Waals surface area contributed by atoms with Crippen molar-refractivity contribution in [2.24, 2.45) is 5.92 Å². The predicted octanol–water partition coefficient (Wildman–Crippen LogP) is 0.479. The van der Waals surface area contributed by atoms with Crippen molar-refractivity contribution in [2.75, 3.05) is 13.7 Å². The average molecular weight is 259 g/mol. The van der Waals surface area contributed by atoms with Crippen LogP contribution in [0.15, 0.2) is 0 Å². The third kappa shape index (κ3) is 2.91. The fraction of sp³-hybridized carbons (Fsp3) is 0.727. The molecule has 0 aliphatic carbocycles. The number of hydrogen-bond donors (Lipinski definition) is 1. The molecule has 18 heavy (non-hydrogen) atoms. The van der Waals surface area contributed by atoms with E-state index < -0.39 is 35.6 Å². The first kappa shape index (κ1) is 14.3. The topological polar surface area (TPSA) is 93.1 Å². The molecule has 0 unspecified atom stereocenters. The lowest BCUT2D eigenvalue weighted by molar-refractivity contribution is -0.167. The summed E-state index contributed by atoms with van der Waals surface area (Å²) in [5.74, 6) is -2.82. The van der Waals surface area contributed by atoms with Crippen molar-refractivity contribution in [3.05, 3.63) is 0 Å². The van der Waals surface area contributed by atoms with Crippen LogP contribution >= 0.6 is 0 Å². The minimum atomic E-state index is -1.13. The van der Waals surface area contributed by atoms with E-state index >= 15 is 0 Å². The van der Waals surface area contributed by atoms with Crippen molar-refractivity contribution >= 4 is 18.0 Å². The van der Waals surface area contributed by atoms with Gasteiger partial charge in [-0.15, -0.1) is 0 Å². The molecule has 1 amide bonds. The van der Waals surface area contributed by atoms with E-state index in [4.69, 9.17) is 9.84 Å². The number of amides is 1. The maximum absolute atomic E-state index is 11.7. The summed E-state index contributed by atoms with van der Waals surface area (Å²) in [6, 6.07) is -1.11. The molecule has 0 saturated carbocycles. The van der Waals surface area contributed by atoms with E-state index in [1.54, 1.807) is 20.8 Å². The van der Waals surface area contributed by atoms with Gasteiger partial charge in [-0.2, -0.15) is 0 Å². The Bertz CT molecular complexity index is 372. The SMILES string of the molecule is COC(=O)[C@@H]1[C@@H](C(=O)O)CN1C(=O)OC(C)(C)C. The van der Waals surface area contributed by atoms with Crippen molar-refractivity contribution in [2.45, 2.75) is 32.4 Å². The van der Waals surface area contributed by atoms with E-state index in [9.17, 15) is 14.4 Å². The Hall–Kier alpha value is -1.79. The van der Waals surface area contributed by atoms with Crippen molar-refractivity contribution in [3.8, 4) is 0 Å². The summed E-state index contributed by atoms with van der Waals surface area (Å²) in [4.78, 5) is 35.1. The van der Waals surface area contributed by atoms with Crippen LogP contribution in [-0.2, 0) is 19.1 Å². The van der Waals surface area contributed by atoms with Crippen LogP contribution in [-0.4, -0.2) is 53.3 Å². The molecule has 7 nitrogen and oxygen atoms in total. The van der Waals surface area contributed by atoms with Gasteiger partial charge in [0.05, 0.1) is 7.11 Å². The van der Waals surface area contributed by atoms with Crippen molar-refractivity contribution in [1.29, 1.82) is 0 Å². The third-order valence-corrected chi connectivity index (χ3v) is 2.50. The molecule has 102 valence electrons. The summed E-state index contributed by atoms with van der Waals surface area (Å²) >= 11 is 0. The summed E-state index contributed by atoms with van der Waals surface area (Å²) < 4.78 is 9.57. The molecule has 1 saturated heterocycles. The van der Waals surface area contributed by atoms with E-state index in [0.29, 0.717) is 0 Å². The molecular formula is C11H17NO6. The lowest BCUT2D eigenvalue weighted by Gasteiger charge is -2.43. The van der Waals surface area contributed by atoms with E-state index in [1.165, 1.54) is 0 Å². The van der Waals surface area contributed by atoms with Crippen molar-refractivity contribution in [1.82, 2.24) is 4.90 Å². The number of carbonyl (C=O) groups is 3. The summed E-state index contributed by atoms with van der Waals surface area (Å²) in [5, 5.41) is 8.89. The van der Waals surface area contributed by atoms with Gasteiger partial charge in [-0.1, -0.05) is 0 Å². The number of ether oxygens (including phenoxy) is 2. The largest absolute Gasteiger partial charge is 0.481 e. The first-order valence-electron chi connectivity index (χ1n) is 5.47. The second kappa shape index (κ2) is 4.83. The maximum atomic E-state index is 11.7. The van der Waals surface area contributed by atoms with Crippen molar-refractivity contribution in [3.63, 3.8) is 0 Å². The fourth-order valence-electron chi connectivity index (χ4n) is 1.64. The molecule has 0 aromatic heterocycles. The van der Waals surface area contributed by atoms with Crippen molar-refractivity contribution < 1.29 is 29.0 Å². The highest BCUT2D eigenvalue weighted by molar-refractivity contribution is 5.90. The van der Waals surface area contributed by atoms with Crippen LogP contribution in [0.4, 0.5) is 4.79 Å². The number of hydrogen-bond acceptors (Lipinski definition) is 5. The molecular weight excluding hydrogens is 242 g/mol. The normalized spacial score (nSPS) is 23.0. The second-order valence-corrected chi connectivity index (χ2v) is 5.05. The van der Waals surface area contributed by atoms with Gasteiger partial charge in [0, 0.05) is 6.54 Å².